The molecule has 0 saturated carbocycles. The van der Waals surface area contributed by atoms with Crippen molar-refractivity contribution in [3.63, 3.8) is 0 Å². The molecule has 3 heterocycles. The first-order valence-corrected chi connectivity index (χ1v) is 6.33. The van der Waals surface area contributed by atoms with Gasteiger partial charge in [-0.05, 0) is 19.1 Å². The lowest BCUT2D eigenvalue weighted by molar-refractivity contribution is -0.122. The van der Waals surface area contributed by atoms with E-state index in [-0.39, 0.29) is 18.6 Å². The van der Waals surface area contributed by atoms with E-state index >= 15 is 0 Å². The van der Waals surface area contributed by atoms with Gasteiger partial charge in [0.15, 0.2) is 5.82 Å². The number of piperazine rings is 1. The van der Waals surface area contributed by atoms with Gasteiger partial charge in [0.25, 0.3) is 0 Å². The monoisotopic (exact) mass is 260 g/mol. The molecule has 6 nitrogen and oxygen atoms in total. The molecule has 0 bridgehead atoms. The zero-order valence-corrected chi connectivity index (χ0v) is 10.7. The highest BCUT2D eigenvalue weighted by Crippen LogP contribution is 2.24. The SMILES string of the molecule is CC1C(=O)NCCN1c1nc2ccccn2c1CO. The second-order valence-corrected chi connectivity index (χ2v) is 4.63. The van der Waals surface area contributed by atoms with E-state index < -0.39 is 0 Å². The Kier molecular flexibility index (Phi) is 2.87. The number of amides is 1. The first-order valence-electron chi connectivity index (χ1n) is 6.33. The number of aliphatic hydroxyl groups is 1. The molecule has 1 unspecified atom stereocenters. The number of imidazole rings is 1. The topological polar surface area (TPSA) is 69.9 Å². The van der Waals surface area contributed by atoms with E-state index in [1.54, 1.807) is 0 Å². The number of carbonyl (C=O) groups is 1. The van der Waals surface area contributed by atoms with Crippen molar-refractivity contribution in [3.05, 3.63) is 30.1 Å². The number of hydrogen-bond acceptors (Lipinski definition) is 4. The molecule has 1 fully saturated rings. The Hall–Kier alpha value is -2.08. The molecular formula is C13H16N4O2. The van der Waals surface area contributed by atoms with Crippen molar-refractivity contribution in [3.8, 4) is 0 Å². The molecule has 0 aromatic carbocycles. The second kappa shape index (κ2) is 4.55. The normalized spacial score (nSPS) is 19.8. The van der Waals surface area contributed by atoms with Crippen LogP contribution in [0.1, 0.15) is 12.6 Å². The average molecular weight is 260 g/mol. The first-order chi connectivity index (χ1) is 9.22. The highest BCUT2D eigenvalue weighted by Gasteiger charge is 2.29. The second-order valence-electron chi connectivity index (χ2n) is 4.63. The van der Waals surface area contributed by atoms with Gasteiger partial charge in [-0.25, -0.2) is 4.98 Å². The molecule has 19 heavy (non-hydrogen) atoms. The van der Waals surface area contributed by atoms with E-state index in [0.717, 1.165) is 11.3 Å². The molecular weight excluding hydrogens is 244 g/mol. The van der Waals surface area contributed by atoms with Gasteiger partial charge in [-0.1, -0.05) is 6.07 Å². The molecule has 1 aliphatic heterocycles. The summed E-state index contributed by atoms with van der Waals surface area (Å²) >= 11 is 0. The van der Waals surface area contributed by atoms with Crippen LogP contribution in [0.5, 0.6) is 0 Å². The summed E-state index contributed by atoms with van der Waals surface area (Å²) in [5, 5.41) is 12.4. The van der Waals surface area contributed by atoms with Crippen molar-refractivity contribution in [2.24, 2.45) is 0 Å². The fourth-order valence-corrected chi connectivity index (χ4v) is 2.48. The summed E-state index contributed by atoms with van der Waals surface area (Å²) in [5.74, 6) is 0.684. The largest absolute Gasteiger partial charge is 0.390 e. The van der Waals surface area contributed by atoms with Crippen LogP contribution in [0, 0.1) is 0 Å². The van der Waals surface area contributed by atoms with E-state index in [9.17, 15) is 9.90 Å². The molecule has 1 amide bonds. The van der Waals surface area contributed by atoms with Gasteiger partial charge in [0, 0.05) is 19.3 Å². The third-order valence-corrected chi connectivity index (χ3v) is 3.53. The Labute approximate surface area is 110 Å². The number of aliphatic hydroxyl groups excluding tert-OH is 1. The van der Waals surface area contributed by atoms with Gasteiger partial charge in [-0.3, -0.25) is 9.20 Å². The summed E-state index contributed by atoms with van der Waals surface area (Å²) < 4.78 is 1.86. The smallest absolute Gasteiger partial charge is 0.242 e. The molecule has 2 aromatic rings. The van der Waals surface area contributed by atoms with Crippen molar-refractivity contribution in [1.29, 1.82) is 0 Å². The highest BCUT2D eigenvalue weighted by atomic mass is 16.3. The van der Waals surface area contributed by atoms with E-state index in [0.29, 0.717) is 18.9 Å². The van der Waals surface area contributed by atoms with Crippen LogP contribution in [-0.2, 0) is 11.4 Å². The number of rotatable bonds is 2. The van der Waals surface area contributed by atoms with Crippen LogP contribution in [-0.4, -0.2) is 39.5 Å². The quantitative estimate of drug-likeness (QED) is 0.806. The number of hydrogen-bond donors (Lipinski definition) is 2. The zero-order valence-electron chi connectivity index (χ0n) is 10.7. The number of pyridine rings is 1. The Morgan fingerprint density at radius 3 is 3.16 bits per heavy atom. The van der Waals surface area contributed by atoms with Gasteiger partial charge in [-0.15, -0.1) is 0 Å². The fraction of sp³-hybridized carbons (Fsp3) is 0.385. The summed E-state index contributed by atoms with van der Waals surface area (Å²) in [7, 11) is 0. The maximum atomic E-state index is 11.7. The first kappa shape index (κ1) is 12.0. The van der Waals surface area contributed by atoms with Crippen LogP contribution in [0.3, 0.4) is 0 Å². The average Bonchev–Trinajstić information content (AvgIpc) is 2.80. The maximum Gasteiger partial charge on any atom is 0.242 e. The van der Waals surface area contributed by atoms with Gasteiger partial charge in [0.2, 0.25) is 5.91 Å². The Morgan fingerprint density at radius 1 is 1.53 bits per heavy atom. The predicted molar refractivity (Wildman–Crippen MR) is 70.9 cm³/mol. The van der Waals surface area contributed by atoms with Crippen LogP contribution in [0.15, 0.2) is 24.4 Å². The van der Waals surface area contributed by atoms with E-state index in [4.69, 9.17) is 0 Å². The van der Waals surface area contributed by atoms with E-state index in [1.807, 2.05) is 40.6 Å². The Bertz CT molecular complexity index is 622. The number of anilines is 1. The Balaban J connectivity index is 2.11. The van der Waals surface area contributed by atoms with Gasteiger partial charge in [0.05, 0.1) is 12.3 Å². The minimum atomic E-state index is -0.274. The van der Waals surface area contributed by atoms with Crippen LogP contribution in [0.2, 0.25) is 0 Å². The fourth-order valence-electron chi connectivity index (χ4n) is 2.48. The third-order valence-electron chi connectivity index (χ3n) is 3.53. The third kappa shape index (κ3) is 1.84. The van der Waals surface area contributed by atoms with Gasteiger partial charge in [0.1, 0.15) is 11.7 Å². The maximum absolute atomic E-state index is 11.7. The van der Waals surface area contributed by atoms with E-state index in [2.05, 4.69) is 10.3 Å². The molecule has 1 atom stereocenters. The summed E-state index contributed by atoms with van der Waals surface area (Å²) in [6.45, 7) is 3.04. The van der Waals surface area contributed by atoms with Crippen LogP contribution in [0.4, 0.5) is 5.82 Å². The summed E-state index contributed by atoms with van der Waals surface area (Å²) in [6.07, 6.45) is 1.87. The lowest BCUT2D eigenvalue weighted by Gasteiger charge is -2.33. The highest BCUT2D eigenvalue weighted by molar-refractivity contribution is 5.86. The molecule has 3 rings (SSSR count). The molecule has 6 heteroatoms. The number of nitrogens with one attached hydrogen (secondary N) is 1. The molecule has 2 aromatic heterocycles. The molecule has 2 N–H and O–H groups in total. The minimum Gasteiger partial charge on any atom is -0.390 e. The van der Waals surface area contributed by atoms with Crippen molar-refractivity contribution in [2.75, 3.05) is 18.0 Å². The van der Waals surface area contributed by atoms with Crippen molar-refractivity contribution in [2.45, 2.75) is 19.6 Å². The van der Waals surface area contributed by atoms with Crippen LogP contribution >= 0.6 is 0 Å². The number of nitrogens with zero attached hydrogens (tertiary/aromatic N) is 3. The molecule has 1 aliphatic rings. The number of aromatic nitrogens is 2. The zero-order chi connectivity index (χ0) is 13.4. The number of fused-ring (bicyclic) bond motifs is 1. The molecule has 0 spiro atoms. The summed E-state index contributed by atoms with van der Waals surface area (Å²) in [6, 6.07) is 5.41. The molecule has 0 aliphatic carbocycles. The standard InChI is InChI=1S/C13H16N4O2/c1-9-13(19)14-5-7-16(9)12-10(8-18)17-6-3-2-4-11(17)15-12/h2-4,6,9,18H,5,7-8H2,1H3,(H,14,19). The predicted octanol–water partition coefficient (Wildman–Crippen LogP) is 0.151. The lowest BCUT2D eigenvalue weighted by atomic mass is 10.2. The lowest BCUT2D eigenvalue weighted by Crippen LogP contribution is -2.54. The van der Waals surface area contributed by atoms with Crippen LogP contribution < -0.4 is 10.2 Å². The van der Waals surface area contributed by atoms with Gasteiger partial charge in [-0.2, -0.15) is 0 Å². The summed E-state index contributed by atoms with van der Waals surface area (Å²) in [5.41, 5.74) is 1.50. The molecule has 1 saturated heterocycles. The van der Waals surface area contributed by atoms with E-state index in [1.165, 1.54) is 0 Å². The van der Waals surface area contributed by atoms with Crippen molar-refractivity contribution in [1.82, 2.24) is 14.7 Å². The van der Waals surface area contributed by atoms with Crippen molar-refractivity contribution >= 4 is 17.4 Å². The van der Waals surface area contributed by atoms with Gasteiger partial charge >= 0.3 is 0 Å². The van der Waals surface area contributed by atoms with Gasteiger partial charge < -0.3 is 15.3 Å². The molecule has 0 radical (unpaired) electrons. The summed E-state index contributed by atoms with van der Waals surface area (Å²) in [4.78, 5) is 18.2. The Morgan fingerprint density at radius 2 is 2.37 bits per heavy atom. The minimum absolute atomic E-state index is 0.00723. The van der Waals surface area contributed by atoms with Crippen molar-refractivity contribution < 1.29 is 9.90 Å². The number of carbonyl (C=O) groups excluding carboxylic acids is 1. The molecule has 100 valence electrons. The van der Waals surface area contributed by atoms with Crippen LogP contribution in [0.25, 0.3) is 5.65 Å².